The van der Waals surface area contributed by atoms with Gasteiger partial charge in [0, 0.05) is 26.2 Å². The fourth-order valence-corrected chi connectivity index (χ4v) is 5.65. The van der Waals surface area contributed by atoms with Crippen LogP contribution in [0.5, 0.6) is 0 Å². The number of sulfonamides is 1. The van der Waals surface area contributed by atoms with Crippen molar-refractivity contribution in [3.63, 3.8) is 0 Å². The Balaban J connectivity index is 1.75. The third-order valence-corrected chi connectivity index (χ3v) is 7.78. The summed E-state index contributed by atoms with van der Waals surface area (Å²) >= 11 is 16.1. The van der Waals surface area contributed by atoms with Gasteiger partial charge in [-0.2, -0.15) is 5.10 Å². The molecular weight excluding hydrogens is 576 g/mol. The van der Waals surface area contributed by atoms with Crippen LogP contribution in [0.4, 0.5) is 4.39 Å². The number of nitrogens with one attached hydrogen (secondary N) is 1. The maximum atomic E-state index is 14.0. The molecule has 3 aromatic carbocycles. The van der Waals surface area contributed by atoms with Crippen molar-refractivity contribution in [2.24, 2.45) is 0 Å². The van der Waals surface area contributed by atoms with E-state index in [1.54, 1.807) is 28.9 Å². The molecule has 1 heterocycles. The van der Waals surface area contributed by atoms with Crippen molar-refractivity contribution in [3.8, 4) is 16.9 Å². The van der Waals surface area contributed by atoms with E-state index >= 15 is 0 Å². The molecule has 0 fully saturated rings. The Labute approximate surface area is 222 Å². The van der Waals surface area contributed by atoms with E-state index in [0.29, 0.717) is 27.8 Å². The van der Waals surface area contributed by atoms with Crippen LogP contribution in [0.25, 0.3) is 16.9 Å². The molecule has 35 heavy (non-hydrogen) atoms. The van der Waals surface area contributed by atoms with Crippen LogP contribution in [0.3, 0.4) is 0 Å². The highest BCUT2D eigenvalue weighted by Crippen LogP contribution is 2.34. The van der Waals surface area contributed by atoms with Crippen LogP contribution in [0.1, 0.15) is 23.7 Å². The maximum Gasteiger partial charge on any atom is 0.216 e. The van der Waals surface area contributed by atoms with Gasteiger partial charge in [0.2, 0.25) is 10.0 Å². The van der Waals surface area contributed by atoms with Crippen LogP contribution in [-0.2, 0) is 28.7 Å². The summed E-state index contributed by atoms with van der Waals surface area (Å²) in [7, 11) is -3.82. The molecule has 0 saturated heterocycles. The molecule has 0 atom stereocenters. The first-order chi connectivity index (χ1) is 16.7. The van der Waals surface area contributed by atoms with Crippen LogP contribution in [-0.4, -0.2) is 18.2 Å². The second-order valence-electron chi connectivity index (χ2n) is 7.81. The van der Waals surface area contributed by atoms with E-state index < -0.39 is 21.6 Å². The Morgan fingerprint density at radius 3 is 2.43 bits per heavy atom. The lowest BCUT2D eigenvalue weighted by molar-refractivity contribution is 0.573. The average Bonchev–Trinajstić information content (AvgIpc) is 3.18. The summed E-state index contributed by atoms with van der Waals surface area (Å²) < 4.78 is 44.7. The van der Waals surface area contributed by atoms with Crippen molar-refractivity contribution in [1.29, 1.82) is 0 Å². The van der Waals surface area contributed by atoms with Gasteiger partial charge in [0.15, 0.2) is 0 Å². The van der Waals surface area contributed by atoms with Crippen molar-refractivity contribution in [1.82, 2.24) is 14.5 Å². The average molecular weight is 597 g/mol. The number of aromatic nitrogens is 2. The van der Waals surface area contributed by atoms with Gasteiger partial charge in [0.25, 0.3) is 0 Å². The fourth-order valence-electron chi connectivity index (χ4n) is 3.79. The lowest BCUT2D eigenvalue weighted by Crippen LogP contribution is -2.25. The van der Waals surface area contributed by atoms with Gasteiger partial charge >= 0.3 is 0 Å². The Morgan fingerprint density at radius 2 is 1.77 bits per heavy atom. The minimum Gasteiger partial charge on any atom is -0.231 e. The molecular formula is C25H21BrCl2FN3O2S. The minimum absolute atomic E-state index is 0.0539. The molecule has 5 nitrogen and oxygen atoms in total. The summed E-state index contributed by atoms with van der Waals surface area (Å²) in [6, 6.07) is 18.7. The van der Waals surface area contributed by atoms with E-state index in [1.165, 1.54) is 18.2 Å². The van der Waals surface area contributed by atoms with E-state index in [2.05, 4.69) is 20.7 Å². The smallest absolute Gasteiger partial charge is 0.216 e. The molecule has 0 unspecified atom stereocenters. The highest BCUT2D eigenvalue weighted by atomic mass is 79.9. The largest absolute Gasteiger partial charge is 0.231 e. The zero-order valence-corrected chi connectivity index (χ0v) is 22.5. The zero-order chi connectivity index (χ0) is 25.2. The van der Waals surface area contributed by atoms with Crippen LogP contribution in [0.15, 0.2) is 71.2 Å². The van der Waals surface area contributed by atoms with Crippen LogP contribution < -0.4 is 4.72 Å². The summed E-state index contributed by atoms with van der Waals surface area (Å²) in [4.78, 5) is 0. The third-order valence-electron chi connectivity index (χ3n) is 5.44. The molecule has 0 aliphatic rings. The van der Waals surface area contributed by atoms with Crippen molar-refractivity contribution < 1.29 is 12.8 Å². The van der Waals surface area contributed by atoms with Crippen LogP contribution in [0.2, 0.25) is 10.0 Å². The summed E-state index contributed by atoms with van der Waals surface area (Å²) in [5.74, 6) is -1.03. The number of hydrogen-bond donors (Lipinski definition) is 1. The summed E-state index contributed by atoms with van der Waals surface area (Å²) in [6.07, 6.45) is 0.598. The summed E-state index contributed by atoms with van der Waals surface area (Å²) in [6.45, 7) is 1.92. The lowest BCUT2D eigenvalue weighted by Gasteiger charge is -2.11. The van der Waals surface area contributed by atoms with Crippen LogP contribution >= 0.6 is 39.1 Å². The van der Waals surface area contributed by atoms with E-state index in [4.69, 9.17) is 28.3 Å². The fraction of sp³-hybridized carbons (Fsp3) is 0.160. The molecule has 10 heteroatoms. The van der Waals surface area contributed by atoms with Crippen molar-refractivity contribution in [2.75, 3.05) is 0 Å². The quantitative estimate of drug-likeness (QED) is 0.240. The Bertz CT molecular complexity index is 1470. The maximum absolute atomic E-state index is 14.0. The molecule has 0 aliphatic carbocycles. The van der Waals surface area contributed by atoms with Crippen LogP contribution in [0, 0.1) is 5.82 Å². The first kappa shape index (κ1) is 25.9. The number of halogens is 4. The SMILES string of the molecule is CCc1c(CNS(=O)(=O)Cc2ccccc2F)nn(-c2ccc(Cl)cc2Cl)c1-c1ccc(Br)cc1. The molecule has 4 aromatic rings. The topological polar surface area (TPSA) is 64.0 Å². The lowest BCUT2D eigenvalue weighted by atomic mass is 10.0. The van der Waals surface area contributed by atoms with E-state index in [0.717, 1.165) is 21.3 Å². The molecule has 0 amide bonds. The third kappa shape index (κ3) is 5.95. The van der Waals surface area contributed by atoms with Gasteiger partial charge in [0.05, 0.1) is 34.4 Å². The highest BCUT2D eigenvalue weighted by Gasteiger charge is 2.22. The molecule has 0 aliphatic heterocycles. The van der Waals surface area contributed by atoms with Gasteiger partial charge in [-0.05, 0) is 42.8 Å². The first-order valence-corrected chi connectivity index (χ1v) is 13.9. The van der Waals surface area contributed by atoms with Crippen molar-refractivity contribution in [2.45, 2.75) is 25.6 Å². The predicted octanol–water partition coefficient (Wildman–Crippen LogP) is 6.93. The minimum atomic E-state index is -3.82. The number of nitrogens with zero attached hydrogens (tertiary/aromatic N) is 2. The standard InChI is InChI=1S/C25H21BrCl2FN3O2S/c1-2-20-23(14-30-35(33,34)15-17-5-3-4-6-22(17)29)31-32(24-12-11-19(27)13-21(24)28)25(20)16-7-9-18(26)10-8-16/h3-13,30H,2,14-15H2,1H3. The molecule has 0 saturated carbocycles. The van der Waals surface area contributed by atoms with Gasteiger partial charge in [-0.1, -0.05) is 76.4 Å². The van der Waals surface area contributed by atoms with Gasteiger partial charge in [0.1, 0.15) is 5.82 Å². The molecule has 0 bridgehead atoms. The van der Waals surface area contributed by atoms with Gasteiger partial charge < -0.3 is 0 Å². The molecule has 0 radical (unpaired) electrons. The number of rotatable bonds is 8. The normalized spacial score (nSPS) is 11.7. The van der Waals surface area contributed by atoms with E-state index in [-0.39, 0.29) is 12.1 Å². The molecule has 0 spiro atoms. The molecule has 182 valence electrons. The summed E-state index contributed by atoms with van der Waals surface area (Å²) in [5.41, 5.74) is 3.82. The zero-order valence-electron chi connectivity index (χ0n) is 18.6. The van der Waals surface area contributed by atoms with E-state index in [9.17, 15) is 12.8 Å². The monoisotopic (exact) mass is 595 g/mol. The Kier molecular flexibility index (Phi) is 7.98. The van der Waals surface area contributed by atoms with Crippen molar-refractivity contribution in [3.05, 3.63) is 104 Å². The molecule has 1 N–H and O–H groups in total. The van der Waals surface area contributed by atoms with Crippen molar-refractivity contribution >= 4 is 49.2 Å². The van der Waals surface area contributed by atoms with Gasteiger partial charge in [-0.15, -0.1) is 0 Å². The van der Waals surface area contributed by atoms with Gasteiger partial charge in [-0.3, -0.25) is 0 Å². The number of benzene rings is 3. The second kappa shape index (κ2) is 10.8. The van der Waals surface area contributed by atoms with Gasteiger partial charge in [-0.25, -0.2) is 22.2 Å². The number of hydrogen-bond acceptors (Lipinski definition) is 3. The Morgan fingerprint density at radius 1 is 1.06 bits per heavy atom. The summed E-state index contributed by atoms with van der Waals surface area (Å²) in [5, 5.41) is 5.65. The second-order valence-corrected chi connectivity index (χ2v) is 11.4. The molecule has 1 aromatic heterocycles. The molecule has 4 rings (SSSR count). The Hall–Kier alpha value is -2.23. The first-order valence-electron chi connectivity index (χ1n) is 10.7. The van der Waals surface area contributed by atoms with E-state index in [1.807, 2.05) is 31.2 Å². The highest BCUT2D eigenvalue weighted by molar-refractivity contribution is 9.10. The predicted molar refractivity (Wildman–Crippen MR) is 142 cm³/mol.